The van der Waals surface area contributed by atoms with Crippen LogP contribution < -0.4 is 29.6 Å². The molecule has 2 atom stereocenters. The number of halogens is 2. The van der Waals surface area contributed by atoms with Gasteiger partial charge in [-0.3, -0.25) is 9.59 Å². The molecule has 416 valence electrons. The summed E-state index contributed by atoms with van der Waals surface area (Å²) >= 11 is 12.5. The highest BCUT2D eigenvalue weighted by atomic mass is 35.5. The molecule has 0 fully saturated rings. The van der Waals surface area contributed by atoms with E-state index >= 15 is 0 Å². The van der Waals surface area contributed by atoms with E-state index in [0.29, 0.717) is 73.3 Å². The molecule has 19 heteroatoms. The van der Waals surface area contributed by atoms with Gasteiger partial charge in [0.15, 0.2) is 31.2 Å². The minimum absolute atomic E-state index is 0. The summed E-state index contributed by atoms with van der Waals surface area (Å²) in [5.41, 5.74) is 8.77. The Labute approximate surface area is 467 Å². The third kappa shape index (κ3) is 14.4. The molecule has 0 aliphatic heterocycles. The Morgan fingerprint density at radius 1 is 0.577 bits per heavy atom. The highest BCUT2D eigenvalue weighted by molar-refractivity contribution is 7.91. The predicted molar refractivity (Wildman–Crippen MR) is 314 cm³/mol. The van der Waals surface area contributed by atoms with Crippen molar-refractivity contribution in [3.63, 3.8) is 0 Å². The molecule has 2 unspecified atom stereocenters. The number of rotatable bonds is 20. The summed E-state index contributed by atoms with van der Waals surface area (Å²) < 4.78 is 71.8. The molecule has 0 aliphatic carbocycles. The molecule has 6 aromatic carbocycles. The topological polar surface area (TPSA) is 215 Å². The summed E-state index contributed by atoms with van der Waals surface area (Å²) in [7, 11) is -4.21. The number of carbonyl (C=O) groups is 2. The van der Waals surface area contributed by atoms with Crippen LogP contribution in [0.5, 0.6) is 23.0 Å². The van der Waals surface area contributed by atoms with Gasteiger partial charge in [0.05, 0.1) is 37.2 Å². The van der Waals surface area contributed by atoms with Crippen LogP contribution in [0.4, 0.5) is 11.4 Å². The Morgan fingerprint density at radius 2 is 0.962 bits per heavy atom. The molecule has 0 spiro atoms. The molecule has 0 aliphatic rings. The van der Waals surface area contributed by atoms with Crippen molar-refractivity contribution in [2.45, 2.75) is 77.8 Å². The first-order valence-corrected chi connectivity index (χ1v) is 28.6. The molecular weight excluding hydrogens is 1080 g/mol. The summed E-state index contributed by atoms with van der Waals surface area (Å²) in [4.78, 5) is 34.9. The lowest BCUT2D eigenvalue weighted by molar-refractivity contribution is 0.0961. The maximum Gasteiger partial charge on any atom is 0.191 e. The van der Waals surface area contributed by atoms with Gasteiger partial charge in [0.2, 0.25) is 0 Å². The van der Waals surface area contributed by atoms with Crippen LogP contribution in [0.15, 0.2) is 119 Å². The SMILES string of the molecule is C.C.CCCOc1cc(Cl)ccc1C(Nc1cc(OC)cc(S(C)(=O)=O)c1)C(=O)c1c[nH]c2cc(C)c(C)cc12.COc1cc(NC(C(=O)c2c[nH]c3cc(C)c(C)cc23)c2ccc(Cl)cc2OCCO)cc(S(C)(=O)=O)c1. The standard InChI is InChI=1S/C29H31ClN2O5S.C28H29ClN2O6S.2CH4/c1-6-9-37-27-12-19(30)7-8-23(27)28(32-20-13-21(36-4)15-22(14-20)38(5,34)35)29(33)25-16-31-26-11-18(3)17(2)10-24(25)26;1-16-9-23-24(15-30-25(23)10-17(16)2)28(33)27(22-6-5-18(29)11-26(22)37-8-7-32)31-19-12-20(36-3)14-21(13-19)38(4,34)35;;/h7-8,10-16,28,31-32H,6,9H2,1-5H3;5-6,9-15,27,30-32H,7-8H2,1-4H3;2*1H4. The Hall–Kier alpha value is -7.02. The molecule has 8 aromatic rings. The van der Waals surface area contributed by atoms with E-state index < -0.39 is 31.8 Å². The first-order chi connectivity index (χ1) is 36.0. The molecule has 0 bridgehead atoms. The van der Waals surface area contributed by atoms with E-state index in [1.807, 2.05) is 58.9 Å². The fraction of sp³-hybridized carbons (Fsp3) is 0.288. The summed E-state index contributed by atoms with van der Waals surface area (Å²) in [5, 5.41) is 18.2. The minimum atomic E-state index is -3.57. The average Bonchev–Trinajstić information content (AvgIpc) is 4.04. The molecule has 15 nitrogen and oxygen atoms in total. The van der Waals surface area contributed by atoms with Gasteiger partial charge in [-0.2, -0.15) is 0 Å². The summed E-state index contributed by atoms with van der Waals surface area (Å²) in [6.07, 6.45) is 6.37. The molecule has 0 amide bonds. The van der Waals surface area contributed by atoms with Crippen molar-refractivity contribution in [1.82, 2.24) is 9.97 Å². The molecule has 2 aromatic heterocycles. The number of anilines is 2. The third-order valence-electron chi connectivity index (χ3n) is 12.7. The number of hydrogen-bond acceptors (Lipinski definition) is 13. The van der Waals surface area contributed by atoms with Crippen molar-refractivity contribution in [1.29, 1.82) is 0 Å². The van der Waals surface area contributed by atoms with E-state index in [-0.39, 0.29) is 49.4 Å². The zero-order chi connectivity index (χ0) is 55.2. The van der Waals surface area contributed by atoms with Crippen LogP contribution in [-0.2, 0) is 19.7 Å². The Bertz CT molecular complexity index is 3470. The van der Waals surface area contributed by atoms with E-state index in [0.717, 1.165) is 63.0 Å². The number of aromatic nitrogens is 2. The summed E-state index contributed by atoms with van der Waals surface area (Å²) in [6.45, 7) is 10.2. The second kappa shape index (κ2) is 26.1. The van der Waals surface area contributed by atoms with Gasteiger partial charge in [-0.25, -0.2) is 16.8 Å². The fourth-order valence-electron chi connectivity index (χ4n) is 8.48. The number of nitrogens with one attached hydrogen (secondary N) is 4. The number of ether oxygens (including phenoxy) is 4. The van der Waals surface area contributed by atoms with E-state index in [1.165, 1.54) is 38.5 Å². The van der Waals surface area contributed by atoms with Crippen LogP contribution in [0.25, 0.3) is 21.8 Å². The zero-order valence-corrected chi connectivity index (χ0v) is 46.6. The number of ketones is 2. The molecule has 78 heavy (non-hydrogen) atoms. The quantitative estimate of drug-likeness (QED) is 0.0450. The van der Waals surface area contributed by atoms with Gasteiger partial charge in [0.25, 0.3) is 0 Å². The van der Waals surface area contributed by atoms with Gasteiger partial charge in [-0.05, 0) is 129 Å². The number of aliphatic hydroxyl groups excluding tert-OH is 1. The van der Waals surface area contributed by atoms with E-state index in [9.17, 15) is 31.5 Å². The molecule has 2 heterocycles. The zero-order valence-electron chi connectivity index (χ0n) is 43.5. The second-order valence-electron chi connectivity index (χ2n) is 18.4. The van der Waals surface area contributed by atoms with Gasteiger partial charge in [0.1, 0.15) is 41.7 Å². The number of carbonyl (C=O) groups excluding carboxylic acids is 2. The lowest BCUT2D eigenvalue weighted by Crippen LogP contribution is -2.22. The summed E-state index contributed by atoms with van der Waals surface area (Å²) in [6, 6.07) is 25.1. The second-order valence-corrected chi connectivity index (χ2v) is 23.3. The van der Waals surface area contributed by atoms with Gasteiger partial charge in [-0.15, -0.1) is 0 Å². The number of aromatic amines is 2. The summed E-state index contributed by atoms with van der Waals surface area (Å²) in [5.74, 6) is 0.955. The van der Waals surface area contributed by atoms with Crippen molar-refractivity contribution in [3.05, 3.63) is 164 Å². The predicted octanol–water partition coefficient (Wildman–Crippen LogP) is 13.2. The van der Waals surface area contributed by atoms with Gasteiger partial charge >= 0.3 is 0 Å². The highest BCUT2D eigenvalue weighted by Crippen LogP contribution is 2.39. The molecular formula is C59H68Cl2N4O11S2. The van der Waals surface area contributed by atoms with Crippen LogP contribution >= 0.6 is 23.2 Å². The molecule has 0 saturated carbocycles. The maximum absolute atomic E-state index is 14.2. The van der Waals surface area contributed by atoms with Crippen LogP contribution in [-0.4, -0.2) is 90.0 Å². The number of H-pyrrole nitrogens is 2. The smallest absolute Gasteiger partial charge is 0.191 e. The van der Waals surface area contributed by atoms with Crippen molar-refractivity contribution in [3.8, 4) is 23.0 Å². The molecule has 0 saturated heterocycles. The van der Waals surface area contributed by atoms with Gasteiger partial charge in [0, 0.05) is 103 Å². The number of fused-ring (bicyclic) bond motifs is 2. The van der Waals surface area contributed by atoms with Crippen LogP contribution in [0.2, 0.25) is 10.0 Å². The highest BCUT2D eigenvalue weighted by Gasteiger charge is 2.31. The van der Waals surface area contributed by atoms with Crippen LogP contribution in [0.3, 0.4) is 0 Å². The van der Waals surface area contributed by atoms with Crippen molar-refractivity contribution < 1.29 is 50.5 Å². The molecule has 0 radical (unpaired) electrons. The van der Waals surface area contributed by atoms with Gasteiger partial charge in [-0.1, -0.05) is 57.1 Å². The Kier molecular flexibility index (Phi) is 20.7. The number of methoxy groups -OCH3 is 2. The Morgan fingerprint density at radius 3 is 1.32 bits per heavy atom. The Balaban J connectivity index is 0.000000280. The first kappa shape index (κ1) is 61.8. The van der Waals surface area contributed by atoms with Gasteiger partial charge < -0.3 is 44.7 Å². The van der Waals surface area contributed by atoms with E-state index in [2.05, 4.69) is 20.6 Å². The number of benzene rings is 6. The number of aryl methyl sites for hydroxylation is 4. The number of hydrogen-bond donors (Lipinski definition) is 5. The lowest BCUT2D eigenvalue weighted by Gasteiger charge is -2.23. The average molecular weight is 1140 g/mol. The van der Waals surface area contributed by atoms with Crippen molar-refractivity contribution >= 4 is 87.6 Å². The number of Topliss-reactive ketones (excluding diaryl/α,β-unsaturated/α-hetero) is 2. The van der Waals surface area contributed by atoms with Crippen molar-refractivity contribution in [2.24, 2.45) is 0 Å². The molecule has 5 N–H and O–H groups in total. The van der Waals surface area contributed by atoms with Crippen LogP contribution in [0, 0.1) is 27.7 Å². The maximum atomic E-state index is 14.2. The fourth-order valence-corrected chi connectivity index (χ4v) is 10.1. The van der Waals surface area contributed by atoms with E-state index in [4.69, 9.17) is 42.1 Å². The van der Waals surface area contributed by atoms with Crippen LogP contribution in [0.1, 0.15) is 94.4 Å². The third-order valence-corrected chi connectivity index (χ3v) is 15.4. The monoisotopic (exact) mass is 1140 g/mol. The normalized spacial score (nSPS) is 12.1. The van der Waals surface area contributed by atoms with Crippen molar-refractivity contribution in [2.75, 3.05) is 57.2 Å². The minimum Gasteiger partial charge on any atom is -0.497 e. The van der Waals surface area contributed by atoms with E-state index in [1.54, 1.807) is 60.9 Å². The lowest BCUT2D eigenvalue weighted by atomic mass is 9.95. The largest absolute Gasteiger partial charge is 0.497 e. The molecule has 8 rings (SSSR count). The first-order valence-electron chi connectivity index (χ1n) is 24.0. The number of sulfone groups is 2. The number of aliphatic hydroxyl groups is 1.